The van der Waals surface area contributed by atoms with E-state index in [1.807, 2.05) is 6.07 Å². The van der Waals surface area contributed by atoms with E-state index in [-0.39, 0.29) is 5.56 Å². The van der Waals surface area contributed by atoms with Crippen molar-refractivity contribution in [1.29, 1.82) is 0 Å². The summed E-state index contributed by atoms with van der Waals surface area (Å²) >= 11 is 9.57. The summed E-state index contributed by atoms with van der Waals surface area (Å²) in [7, 11) is 1.57. The first-order chi connectivity index (χ1) is 9.92. The Morgan fingerprint density at radius 3 is 2.67 bits per heavy atom. The number of nitrogens with two attached hydrogens (primary N) is 2. The van der Waals surface area contributed by atoms with Crippen LogP contribution in [0.3, 0.4) is 0 Å². The molecule has 0 aliphatic carbocycles. The first-order valence-corrected chi connectivity index (χ1v) is 7.09. The minimum absolute atomic E-state index is 0.217. The Bertz CT molecular complexity index is 707. The van der Waals surface area contributed by atoms with Crippen LogP contribution in [0.2, 0.25) is 5.02 Å². The number of anilines is 3. The Labute approximate surface area is 135 Å². The van der Waals surface area contributed by atoms with Gasteiger partial charge in [-0.05, 0) is 40.2 Å². The highest BCUT2D eigenvalue weighted by Gasteiger charge is 2.15. The van der Waals surface area contributed by atoms with E-state index in [1.54, 1.807) is 25.3 Å². The van der Waals surface area contributed by atoms with E-state index in [0.717, 1.165) is 4.47 Å². The van der Waals surface area contributed by atoms with E-state index in [2.05, 4.69) is 21.2 Å². The lowest BCUT2D eigenvalue weighted by Gasteiger charge is -2.15. The molecule has 0 spiro atoms. The molecule has 7 heteroatoms. The van der Waals surface area contributed by atoms with Gasteiger partial charge in [0, 0.05) is 16.2 Å². The highest BCUT2D eigenvalue weighted by molar-refractivity contribution is 9.10. The zero-order chi connectivity index (χ0) is 15.6. The van der Waals surface area contributed by atoms with E-state index in [9.17, 15) is 4.79 Å². The SMILES string of the molecule is COc1ccc(Br)c(Nc2c(Cl)cc(N)cc2C(N)=O)c1. The molecule has 0 aliphatic heterocycles. The molecule has 0 saturated carbocycles. The van der Waals surface area contributed by atoms with E-state index in [0.29, 0.717) is 27.8 Å². The molecule has 0 atom stereocenters. The predicted octanol–water partition coefficient (Wildman–Crippen LogP) is 3.54. The highest BCUT2D eigenvalue weighted by Crippen LogP contribution is 2.35. The molecule has 5 nitrogen and oxygen atoms in total. The molecule has 2 aromatic carbocycles. The molecule has 0 bridgehead atoms. The Balaban J connectivity index is 2.51. The molecular weight excluding hydrogens is 358 g/mol. The van der Waals surface area contributed by atoms with Crippen LogP contribution in [-0.4, -0.2) is 13.0 Å². The van der Waals surface area contributed by atoms with Crippen molar-refractivity contribution in [2.75, 3.05) is 18.2 Å². The van der Waals surface area contributed by atoms with Gasteiger partial charge in [0.2, 0.25) is 0 Å². The number of amides is 1. The summed E-state index contributed by atoms with van der Waals surface area (Å²) in [6, 6.07) is 8.40. The third-order valence-corrected chi connectivity index (χ3v) is 3.80. The quantitative estimate of drug-likeness (QED) is 0.718. The normalized spacial score (nSPS) is 10.2. The van der Waals surface area contributed by atoms with E-state index < -0.39 is 5.91 Å². The number of rotatable bonds is 4. The molecular formula is C14H13BrClN3O2. The van der Waals surface area contributed by atoms with Crippen molar-refractivity contribution in [3.05, 3.63) is 45.4 Å². The minimum atomic E-state index is -0.620. The molecule has 0 radical (unpaired) electrons. The monoisotopic (exact) mass is 369 g/mol. The van der Waals surface area contributed by atoms with Crippen LogP contribution in [0.15, 0.2) is 34.8 Å². The summed E-state index contributed by atoms with van der Waals surface area (Å²) in [6.45, 7) is 0. The van der Waals surface area contributed by atoms with Gasteiger partial charge in [-0.25, -0.2) is 0 Å². The third-order valence-electron chi connectivity index (χ3n) is 2.81. The molecule has 0 aliphatic rings. The number of halogens is 2. The van der Waals surface area contributed by atoms with Crippen molar-refractivity contribution in [1.82, 2.24) is 0 Å². The van der Waals surface area contributed by atoms with Gasteiger partial charge in [0.15, 0.2) is 0 Å². The number of hydrogen-bond acceptors (Lipinski definition) is 4. The standard InChI is InChI=1S/C14H13BrClN3O2/c1-21-8-2-3-10(15)12(6-8)19-13-9(14(18)20)4-7(17)5-11(13)16/h2-6,19H,17H2,1H3,(H2,18,20). The van der Waals surface area contributed by atoms with Crippen LogP contribution in [0.25, 0.3) is 0 Å². The number of carbonyl (C=O) groups excluding carboxylic acids is 1. The van der Waals surface area contributed by atoms with Crippen molar-refractivity contribution >= 4 is 50.5 Å². The van der Waals surface area contributed by atoms with Gasteiger partial charge < -0.3 is 21.5 Å². The average Bonchev–Trinajstić information content (AvgIpc) is 2.43. The maximum Gasteiger partial charge on any atom is 0.250 e. The fraction of sp³-hybridized carbons (Fsp3) is 0.0714. The second-order valence-corrected chi connectivity index (χ2v) is 5.52. The Kier molecular flexibility index (Phi) is 4.59. The Morgan fingerprint density at radius 1 is 1.33 bits per heavy atom. The smallest absolute Gasteiger partial charge is 0.250 e. The van der Waals surface area contributed by atoms with Crippen LogP contribution < -0.4 is 21.5 Å². The van der Waals surface area contributed by atoms with Gasteiger partial charge in [0.25, 0.3) is 5.91 Å². The lowest BCUT2D eigenvalue weighted by Crippen LogP contribution is -2.14. The van der Waals surface area contributed by atoms with Crippen molar-refractivity contribution in [2.24, 2.45) is 5.73 Å². The van der Waals surface area contributed by atoms with Gasteiger partial charge in [-0.15, -0.1) is 0 Å². The zero-order valence-electron chi connectivity index (χ0n) is 11.1. The molecule has 2 rings (SSSR count). The molecule has 0 aromatic heterocycles. The van der Waals surface area contributed by atoms with Crippen LogP contribution in [0.4, 0.5) is 17.1 Å². The maximum absolute atomic E-state index is 11.6. The van der Waals surface area contributed by atoms with Gasteiger partial charge in [0.05, 0.1) is 29.1 Å². The van der Waals surface area contributed by atoms with E-state index in [4.69, 9.17) is 27.8 Å². The van der Waals surface area contributed by atoms with Crippen LogP contribution >= 0.6 is 27.5 Å². The number of nitrogens with one attached hydrogen (secondary N) is 1. The second-order valence-electron chi connectivity index (χ2n) is 4.26. The summed E-state index contributed by atoms with van der Waals surface area (Å²) in [4.78, 5) is 11.6. The molecule has 0 unspecified atom stereocenters. The van der Waals surface area contributed by atoms with Crippen molar-refractivity contribution in [3.63, 3.8) is 0 Å². The predicted molar refractivity (Wildman–Crippen MR) is 88.4 cm³/mol. The molecule has 110 valence electrons. The summed E-state index contributed by atoms with van der Waals surface area (Å²) < 4.78 is 5.95. The van der Waals surface area contributed by atoms with Crippen LogP contribution in [-0.2, 0) is 0 Å². The second kappa shape index (κ2) is 6.24. The number of nitrogen functional groups attached to an aromatic ring is 1. The van der Waals surface area contributed by atoms with E-state index >= 15 is 0 Å². The zero-order valence-corrected chi connectivity index (χ0v) is 13.5. The Hall–Kier alpha value is -1.92. The number of ether oxygens (including phenoxy) is 1. The fourth-order valence-corrected chi connectivity index (χ4v) is 2.43. The maximum atomic E-state index is 11.6. The highest BCUT2D eigenvalue weighted by atomic mass is 79.9. The lowest BCUT2D eigenvalue weighted by molar-refractivity contribution is 0.100. The molecule has 5 N–H and O–H groups in total. The molecule has 1 amide bonds. The van der Waals surface area contributed by atoms with Crippen LogP contribution in [0.5, 0.6) is 5.75 Å². The van der Waals surface area contributed by atoms with Gasteiger partial charge in [-0.1, -0.05) is 11.6 Å². The average molecular weight is 371 g/mol. The lowest BCUT2D eigenvalue weighted by atomic mass is 10.1. The van der Waals surface area contributed by atoms with Gasteiger partial charge in [-0.3, -0.25) is 4.79 Å². The number of hydrogen-bond donors (Lipinski definition) is 3. The summed E-state index contributed by atoms with van der Waals surface area (Å²) in [6.07, 6.45) is 0. The third kappa shape index (κ3) is 3.40. The Morgan fingerprint density at radius 2 is 2.05 bits per heavy atom. The largest absolute Gasteiger partial charge is 0.497 e. The molecule has 0 heterocycles. The molecule has 0 saturated heterocycles. The van der Waals surface area contributed by atoms with Crippen LogP contribution in [0.1, 0.15) is 10.4 Å². The summed E-state index contributed by atoms with van der Waals surface area (Å²) in [5, 5.41) is 3.38. The molecule has 21 heavy (non-hydrogen) atoms. The number of methoxy groups -OCH3 is 1. The van der Waals surface area contributed by atoms with Gasteiger partial charge >= 0.3 is 0 Å². The van der Waals surface area contributed by atoms with Crippen molar-refractivity contribution < 1.29 is 9.53 Å². The van der Waals surface area contributed by atoms with E-state index in [1.165, 1.54) is 6.07 Å². The first-order valence-electron chi connectivity index (χ1n) is 5.91. The van der Waals surface area contributed by atoms with Crippen LogP contribution in [0, 0.1) is 0 Å². The topological polar surface area (TPSA) is 90.4 Å². The summed E-state index contributed by atoms with van der Waals surface area (Å²) in [5.41, 5.74) is 12.7. The number of benzene rings is 2. The van der Waals surface area contributed by atoms with Crippen molar-refractivity contribution in [2.45, 2.75) is 0 Å². The van der Waals surface area contributed by atoms with Gasteiger partial charge in [0.1, 0.15) is 5.75 Å². The van der Waals surface area contributed by atoms with Gasteiger partial charge in [-0.2, -0.15) is 0 Å². The first kappa shape index (κ1) is 15.5. The minimum Gasteiger partial charge on any atom is -0.497 e. The molecule has 0 fully saturated rings. The fourth-order valence-electron chi connectivity index (χ4n) is 1.81. The number of carbonyl (C=O) groups is 1. The molecule has 2 aromatic rings. The number of primary amides is 1. The summed E-state index contributed by atoms with van der Waals surface area (Å²) in [5.74, 6) is 0.0404. The van der Waals surface area contributed by atoms with Crippen molar-refractivity contribution in [3.8, 4) is 5.75 Å².